The molecule has 0 radical (unpaired) electrons. The summed E-state index contributed by atoms with van der Waals surface area (Å²) in [5.74, 6) is -2.40. The van der Waals surface area contributed by atoms with Gasteiger partial charge in [0.15, 0.2) is 17.3 Å². The molecule has 4 aromatic carbocycles. The number of nitrogens with zero attached hydrogens (tertiary/aromatic N) is 1. The van der Waals surface area contributed by atoms with Crippen molar-refractivity contribution in [1.82, 2.24) is 0 Å². The van der Waals surface area contributed by atoms with Gasteiger partial charge < -0.3 is 4.90 Å². The minimum atomic E-state index is -1.70. The van der Waals surface area contributed by atoms with Gasteiger partial charge in [0.25, 0.3) is 0 Å². The molecule has 1 saturated heterocycles. The van der Waals surface area contributed by atoms with Crippen molar-refractivity contribution in [1.29, 1.82) is 0 Å². The number of Topliss-reactive ketones (excluding diaryl/α,β-unsaturated/α-hetero) is 3. The fourth-order valence-electron chi connectivity index (χ4n) is 6.93. The first-order valence-corrected chi connectivity index (χ1v) is 14.0. The maximum Gasteiger partial charge on any atom is 0.185 e. The van der Waals surface area contributed by atoms with Crippen LogP contribution in [0.1, 0.15) is 53.7 Å². The molecule has 0 unspecified atom stereocenters. The number of fused-ring (bicyclic) bond motifs is 5. The molecular formula is C34H22Cl2FNO3. The van der Waals surface area contributed by atoms with Crippen LogP contribution in [-0.4, -0.2) is 29.4 Å². The number of anilines is 1. The second kappa shape index (κ2) is 9.23. The maximum absolute atomic E-state index is 14.6. The third kappa shape index (κ3) is 3.55. The van der Waals surface area contributed by atoms with Gasteiger partial charge in [-0.2, -0.15) is 0 Å². The third-order valence-corrected chi connectivity index (χ3v) is 9.23. The summed E-state index contributed by atoms with van der Waals surface area (Å²) in [4.78, 5) is 45.8. The molecule has 0 aromatic heterocycles. The SMILES string of the molecule is Cc1ccc(C(=O)[C@H]2[C@@H](c3ccc(Cl)cc3Cl)C3(C(=O)c4ccccc4C3=O)[C@H]3C=Cc4cc(F)ccc4N23)cc1. The fourth-order valence-corrected chi connectivity index (χ4v) is 7.46. The standard InChI is InChI=1S/C34H22Cl2FNO3/c1-18-6-8-19(9-7-18)31(39)30-29(25-13-11-21(35)17-26(25)36)34(32(40)23-4-2-3-5-24(23)33(34)41)28-15-10-20-16-22(37)12-14-27(20)38(28)30/h2-17,28-30H,1H3/t28-,29-,30-/m1/s1. The molecule has 0 saturated carbocycles. The van der Waals surface area contributed by atoms with E-state index in [-0.39, 0.29) is 22.4 Å². The summed E-state index contributed by atoms with van der Waals surface area (Å²) in [7, 11) is 0. The summed E-state index contributed by atoms with van der Waals surface area (Å²) < 4.78 is 14.4. The lowest BCUT2D eigenvalue weighted by Crippen LogP contribution is -2.48. The van der Waals surface area contributed by atoms with Crippen molar-refractivity contribution in [3.8, 4) is 0 Å². The first-order valence-electron chi connectivity index (χ1n) is 13.2. The van der Waals surface area contributed by atoms with E-state index in [9.17, 15) is 18.8 Å². The number of hydrogen-bond donors (Lipinski definition) is 0. The molecule has 4 nitrogen and oxygen atoms in total. The third-order valence-electron chi connectivity index (χ3n) is 8.67. The second-order valence-electron chi connectivity index (χ2n) is 10.8. The Bertz CT molecular complexity index is 1800. The van der Waals surface area contributed by atoms with Crippen LogP contribution in [0.4, 0.5) is 10.1 Å². The van der Waals surface area contributed by atoms with Gasteiger partial charge in [-0.3, -0.25) is 14.4 Å². The predicted octanol–water partition coefficient (Wildman–Crippen LogP) is 7.76. The predicted molar refractivity (Wildman–Crippen MR) is 158 cm³/mol. The van der Waals surface area contributed by atoms with E-state index in [1.165, 1.54) is 12.1 Å². The van der Waals surface area contributed by atoms with Crippen molar-refractivity contribution in [3.63, 3.8) is 0 Å². The Hall–Kier alpha value is -4.06. The molecule has 0 N–H and O–H groups in total. The van der Waals surface area contributed by atoms with Gasteiger partial charge in [-0.1, -0.05) is 95.5 Å². The molecule has 2 heterocycles. The molecule has 1 fully saturated rings. The first kappa shape index (κ1) is 25.9. The number of carbonyl (C=O) groups excluding carboxylic acids is 3. The van der Waals surface area contributed by atoms with Crippen LogP contribution < -0.4 is 4.90 Å². The number of halogens is 3. The zero-order chi connectivity index (χ0) is 28.6. The minimum Gasteiger partial charge on any atom is -0.352 e. The maximum atomic E-state index is 14.6. The lowest BCUT2D eigenvalue weighted by Gasteiger charge is -2.37. The number of rotatable bonds is 3. The van der Waals surface area contributed by atoms with Gasteiger partial charge in [0.1, 0.15) is 17.3 Å². The quantitative estimate of drug-likeness (QED) is 0.183. The molecule has 7 rings (SSSR count). The lowest BCUT2D eigenvalue weighted by molar-refractivity contribution is 0.0666. The Morgan fingerprint density at radius 1 is 0.878 bits per heavy atom. The van der Waals surface area contributed by atoms with Crippen molar-refractivity contribution in [2.45, 2.75) is 24.9 Å². The molecule has 0 amide bonds. The van der Waals surface area contributed by atoms with Crippen molar-refractivity contribution < 1.29 is 18.8 Å². The molecule has 41 heavy (non-hydrogen) atoms. The molecule has 7 heteroatoms. The van der Waals surface area contributed by atoms with E-state index in [0.29, 0.717) is 38.5 Å². The molecule has 3 atom stereocenters. The molecule has 202 valence electrons. The number of benzene rings is 4. The zero-order valence-corrected chi connectivity index (χ0v) is 23.3. The number of aryl methyl sites for hydroxylation is 1. The van der Waals surface area contributed by atoms with Crippen LogP contribution in [0.5, 0.6) is 0 Å². The summed E-state index contributed by atoms with van der Waals surface area (Å²) in [6, 6.07) is 21.3. The normalized spacial score (nSPS) is 21.7. The monoisotopic (exact) mass is 581 g/mol. The van der Waals surface area contributed by atoms with Crippen LogP contribution in [0.25, 0.3) is 6.08 Å². The highest BCUT2D eigenvalue weighted by molar-refractivity contribution is 6.36. The topological polar surface area (TPSA) is 54.5 Å². The van der Waals surface area contributed by atoms with Crippen molar-refractivity contribution in [2.75, 3.05) is 4.90 Å². The van der Waals surface area contributed by atoms with Gasteiger partial charge in [0.05, 0.1) is 6.04 Å². The van der Waals surface area contributed by atoms with Gasteiger partial charge in [-0.05, 0) is 42.8 Å². The number of ketones is 3. The van der Waals surface area contributed by atoms with Crippen LogP contribution in [0.2, 0.25) is 10.0 Å². The van der Waals surface area contributed by atoms with Crippen LogP contribution >= 0.6 is 23.2 Å². The van der Waals surface area contributed by atoms with E-state index in [4.69, 9.17) is 23.2 Å². The van der Waals surface area contributed by atoms with E-state index < -0.39 is 29.2 Å². The smallest absolute Gasteiger partial charge is 0.185 e. The van der Waals surface area contributed by atoms with E-state index in [1.807, 2.05) is 24.0 Å². The Kier molecular flexibility index (Phi) is 5.83. The van der Waals surface area contributed by atoms with E-state index in [0.717, 1.165) is 5.56 Å². The molecule has 1 aliphatic carbocycles. The molecule has 3 aliphatic rings. The number of carbonyl (C=O) groups is 3. The van der Waals surface area contributed by atoms with Gasteiger partial charge in [0.2, 0.25) is 0 Å². The average molecular weight is 582 g/mol. The summed E-state index contributed by atoms with van der Waals surface area (Å²) in [5, 5.41) is 0.640. The van der Waals surface area contributed by atoms with Crippen LogP contribution in [0.15, 0.2) is 91.0 Å². The molecule has 0 bridgehead atoms. The second-order valence-corrected chi connectivity index (χ2v) is 11.6. The number of hydrogen-bond acceptors (Lipinski definition) is 4. The first-order chi connectivity index (χ1) is 19.7. The van der Waals surface area contributed by atoms with E-state index in [2.05, 4.69) is 0 Å². The van der Waals surface area contributed by atoms with Crippen LogP contribution in [0.3, 0.4) is 0 Å². The Morgan fingerprint density at radius 3 is 2.22 bits per heavy atom. The van der Waals surface area contributed by atoms with E-state index >= 15 is 0 Å². The molecule has 2 aliphatic heterocycles. The lowest BCUT2D eigenvalue weighted by atomic mass is 9.64. The molecule has 4 aromatic rings. The Labute approximate surface area is 246 Å². The Balaban J connectivity index is 1.56. The minimum absolute atomic E-state index is 0.253. The molecule has 1 spiro atoms. The Morgan fingerprint density at radius 2 is 1.56 bits per heavy atom. The average Bonchev–Trinajstić information content (AvgIpc) is 3.39. The largest absolute Gasteiger partial charge is 0.352 e. The summed E-state index contributed by atoms with van der Waals surface area (Å²) >= 11 is 13.1. The van der Waals surface area contributed by atoms with Crippen LogP contribution in [0, 0.1) is 18.2 Å². The van der Waals surface area contributed by atoms with Gasteiger partial charge in [-0.15, -0.1) is 0 Å². The van der Waals surface area contributed by atoms with Gasteiger partial charge >= 0.3 is 0 Å². The highest BCUT2D eigenvalue weighted by Gasteiger charge is 2.71. The summed E-state index contributed by atoms with van der Waals surface area (Å²) in [6.45, 7) is 1.93. The fraction of sp³-hybridized carbons (Fsp3) is 0.147. The summed E-state index contributed by atoms with van der Waals surface area (Å²) in [6.07, 6.45) is 3.48. The van der Waals surface area contributed by atoms with Crippen LogP contribution in [-0.2, 0) is 0 Å². The van der Waals surface area contributed by atoms with Gasteiger partial charge in [0, 0.05) is 43.9 Å². The highest BCUT2D eigenvalue weighted by Crippen LogP contribution is 2.61. The van der Waals surface area contributed by atoms with E-state index in [1.54, 1.807) is 72.8 Å². The zero-order valence-electron chi connectivity index (χ0n) is 21.8. The van der Waals surface area contributed by atoms with Gasteiger partial charge in [-0.25, -0.2) is 4.39 Å². The highest BCUT2D eigenvalue weighted by atomic mass is 35.5. The summed E-state index contributed by atoms with van der Waals surface area (Å²) in [5.41, 5.74) is 1.93. The van der Waals surface area contributed by atoms with Crippen molar-refractivity contribution in [3.05, 3.63) is 140 Å². The van der Waals surface area contributed by atoms with Crippen molar-refractivity contribution >= 4 is 52.3 Å². The molecular weight excluding hydrogens is 560 g/mol. The van der Waals surface area contributed by atoms with Crippen molar-refractivity contribution in [2.24, 2.45) is 5.41 Å².